The summed E-state index contributed by atoms with van der Waals surface area (Å²) in [5.41, 5.74) is 6.93. The van der Waals surface area contributed by atoms with Gasteiger partial charge in [0.25, 0.3) is 5.91 Å². The summed E-state index contributed by atoms with van der Waals surface area (Å²) in [6.07, 6.45) is 3.32. The van der Waals surface area contributed by atoms with Gasteiger partial charge in [0.05, 0.1) is 0 Å². The molecule has 0 spiro atoms. The van der Waals surface area contributed by atoms with Crippen molar-refractivity contribution in [1.29, 1.82) is 0 Å². The Kier molecular flexibility index (Phi) is 8.70. The summed E-state index contributed by atoms with van der Waals surface area (Å²) in [6, 6.07) is 14.6. The molecule has 0 atom stereocenters. The number of carbonyl (C=O) groups excluding carboxylic acids is 2. The first-order chi connectivity index (χ1) is 13.8. The maximum absolute atomic E-state index is 12.8. The molecule has 0 unspecified atom stereocenters. The molecule has 154 valence electrons. The molecule has 6 nitrogen and oxygen atoms in total. The summed E-state index contributed by atoms with van der Waals surface area (Å²) in [4.78, 5) is 27.4. The number of rotatable bonds is 10. The lowest BCUT2D eigenvalue weighted by Gasteiger charge is -2.23. The highest BCUT2D eigenvalue weighted by atomic mass is 35.5. The summed E-state index contributed by atoms with van der Waals surface area (Å²) in [5, 5.41) is 0.670. The van der Waals surface area contributed by atoms with Crippen LogP contribution in [0.3, 0.4) is 0 Å². The zero-order chi connectivity index (χ0) is 21.2. The highest BCUT2D eigenvalue weighted by Crippen LogP contribution is 2.14. The van der Waals surface area contributed by atoms with E-state index in [4.69, 9.17) is 22.1 Å². The van der Waals surface area contributed by atoms with Gasteiger partial charge in [0.1, 0.15) is 5.75 Å². The van der Waals surface area contributed by atoms with Crippen LogP contribution in [-0.4, -0.2) is 55.4 Å². The quantitative estimate of drug-likeness (QED) is 0.605. The van der Waals surface area contributed by atoms with Gasteiger partial charge in [-0.2, -0.15) is 0 Å². The summed E-state index contributed by atoms with van der Waals surface area (Å²) in [7, 11) is 3.95. The number of benzene rings is 2. The number of primary amides is 1. The Hall–Kier alpha value is -2.83. The average molecular weight is 416 g/mol. The molecule has 7 heteroatoms. The lowest BCUT2D eigenvalue weighted by atomic mass is 10.2. The van der Waals surface area contributed by atoms with Crippen LogP contribution < -0.4 is 10.5 Å². The summed E-state index contributed by atoms with van der Waals surface area (Å²) < 4.78 is 5.23. The van der Waals surface area contributed by atoms with E-state index in [0.29, 0.717) is 23.9 Å². The minimum Gasteiger partial charge on any atom is -0.484 e. The topological polar surface area (TPSA) is 75.9 Å². The SMILES string of the molecule is CN(C)CCN(Cc1ccc(Cl)cc1)C(=O)/C=C/c1ccc(OCC(N)=O)cc1. The molecule has 0 saturated carbocycles. The molecular formula is C22H26ClN3O3. The van der Waals surface area contributed by atoms with Gasteiger partial charge in [-0.15, -0.1) is 0 Å². The molecule has 0 heterocycles. The van der Waals surface area contributed by atoms with Gasteiger partial charge in [-0.3, -0.25) is 9.59 Å². The molecule has 2 amide bonds. The second-order valence-electron chi connectivity index (χ2n) is 6.85. The van der Waals surface area contributed by atoms with Crippen molar-refractivity contribution in [3.63, 3.8) is 0 Å². The zero-order valence-corrected chi connectivity index (χ0v) is 17.4. The summed E-state index contributed by atoms with van der Waals surface area (Å²) in [5.74, 6) is -0.0587. The molecule has 29 heavy (non-hydrogen) atoms. The van der Waals surface area contributed by atoms with Crippen LogP contribution in [0, 0.1) is 0 Å². The van der Waals surface area contributed by atoms with Crippen LogP contribution in [0.4, 0.5) is 0 Å². The van der Waals surface area contributed by atoms with Gasteiger partial charge in [-0.25, -0.2) is 0 Å². The summed E-state index contributed by atoms with van der Waals surface area (Å²) >= 11 is 5.95. The van der Waals surface area contributed by atoms with Crippen LogP contribution in [0.2, 0.25) is 5.02 Å². The molecule has 0 aromatic heterocycles. The van der Waals surface area contributed by atoms with Crippen LogP contribution in [0.5, 0.6) is 5.75 Å². The van der Waals surface area contributed by atoms with Crippen molar-refractivity contribution < 1.29 is 14.3 Å². The van der Waals surface area contributed by atoms with Crippen LogP contribution in [0.15, 0.2) is 54.6 Å². The highest BCUT2D eigenvalue weighted by Gasteiger charge is 2.12. The van der Waals surface area contributed by atoms with Crippen molar-refractivity contribution in [1.82, 2.24) is 9.80 Å². The lowest BCUT2D eigenvalue weighted by Crippen LogP contribution is -2.35. The third kappa shape index (κ3) is 8.37. The van der Waals surface area contributed by atoms with E-state index in [9.17, 15) is 9.59 Å². The molecule has 2 N–H and O–H groups in total. The Morgan fingerprint density at radius 2 is 1.69 bits per heavy atom. The molecule has 2 rings (SSSR count). The Bertz CT molecular complexity index is 833. The Labute approximate surface area is 176 Å². The lowest BCUT2D eigenvalue weighted by molar-refractivity contribution is -0.126. The highest BCUT2D eigenvalue weighted by molar-refractivity contribution is 6.30. The Morgan fingerprint density at radius 3 is 2.28 bits per heavy atom. The Balaban J connectivity index is 2.03. The molecular weight excluding hydrogens is 390 g/mol. The standard InChI is InChI=1S/C22H26ClN3O3/c1-25(2)13-14-26(15-18-3-8-19(23)9-4-18)22(28)12-7-17-5-10-20(11-6-17)29-16-21(24)27/h3-12H,13-16H2,1-2H3,(H2,24,27)/b12-7+. The maximum atomic E-state index is 12.8. The van der Waals surface area contributed by atoms with E-state index < -0.39 is 5.91 Å². The van der Waals surface area contributed by atoms with Crippen molar-refractivity contribution in [2.75, 3.05) is 33.8 Å². The first-order valence-corrected chi connectivity index (χ1v) is 9.58. The number of likely N-dealkylation sites (N-methyl/N-ethyl adjacent to an activating group) is 1. The minimum absolute atomic E-state index is 0.0733. The monoisotopic (exact) mass is 415 g/mol. The molecule has 0 fully saturated rings. The fraction of sp³-hybridized carbons (Fsp3) is 0.273. The maximum Gasteiger partial charge on any atom is 0.255 e. The van der Waals surface area contributed by atoms with Crippen LogP contribution in [0.25, 0.3) is 6.08 Å². The number of carbonyl (C=O) groups is 2. The van der Waals surface area contributed by atoms with E-state index in [1.54, 1.807) is 29.2 Å². The number of ether oxygens (including phenoxy) is 1. The normalized spacial score (nSPS) is 11.0. The fourth-order valence-electron chi connectivity index (χ4n) is 2.50. The van der Waals surface area contributed by atoms with Crippen LogP contribution in [-0.2, 0) is 16.1 Å². The summed E-state index contributed by atoms with van der Waals surface area (Å²) in [6.45, 7) is 1.71. The van der Waals surface area contributed by atoms with Gasteiger partial charge in [0.2, 0.25) is 5.91 Å². The third-order valence-corrected chi connectivity index (χ3v) is 4.35. The molecule has 0 aliphatic rings. The Morgan fingerprint density at radius 1 is 1.03 bits per heavy atom. The number of halogens is 1. The first kappa shape index (κ1) is 22.5. The number of amides is 2. The first-order valence-electron chi connectivity index (χ1n) is 9.21. The number of hydrogen-bond acceptors (Lipinski definition) is 4. The van der Waals surface area contributed by atoms with Crippen molar-refractivity contribution in [2.24, 2.45) is 5.73 Å². The van der Waals surface area contributed by atoms with Crippen molar-refractivity contribution in [2.45, 2.75) is 6.54 Å². The second-order valence-corrected chi connectivity index (χ2v) is 7.28. The predicted molar refractivity (Wildman–Crippen MR) is 116 cm³/mol. The minimum atomic E-state index is -0.530. The molecule has 0 saturated heterocycles. The van der Waals surface area contributed by atoms with Gasteiger partial charge >= 0.3 is 0 Å². The third-order valence-electron chi connectivity index (χ3n) is 4.10. The van der Waals surface area contributed by atoms with Gasteiger partial charge in [-0.05, 0) is 55.6 Å². The van der Waals surface area contributed by atoms with Gasteiger partial charge < -0.3 is 20.3 Å². The van der Waals surface area contributed by atoms with E-state index in [1.807, 2.05) is 55.4 Å². The van der Waals surface area contributed by atoms with Gasteiger partial charge in [0.15, 0.2) is 6.61 Å². The van der Waals surface area contributed by atoms with Crippen LogP contribution >= 0.6 is 11.6 Å². The van der Waals surface area contributed by atoms with Crippen molar-refractivity contribution in [3.8, 4) is 5.75 Å². The molecule has 2 aromatic rings. The van der Waals surface area contributed by atoms with Gasteiger partial charge in [0, 0.05) is 30.7 Å². The number of nitrogens with zero attached hydrogens (tertiary/aromatic N) is 2. The van der Waals surface area contributed by atoms with Crippen LogP contribution in [0.1, 0.15) is 11.1 Å². The number of hydrogen-bond donors (Lipinski definition) is 1. The average Bonchev–Trinajstić information content (AvgIpc) is 2.69. The fourth-order valence-corrected chi connectivity index (χ4v) is 2.63. The van der Waals surface area contributed by atoms with E-state index in [2.05, 4.69) is 0 Å². The van der Waals surface area contributed by atoms with E-state index in [1.165, 1.54) is 0 Å². The number of nitrogens with two attached hydrogens (primary N) is 1. The van der Waals surface area contributed by atoms with Crippen molar-refractivity contribution in [3.05, 3.63) is 70.8 Å². The second kappa shape index (κ2) is 11.2. The molecule has 2 aromatic carbocycles. The molecule has 0 radical (unpaired) electrons. The van der Waals surface area contributed by atoms with E-state index in [0.717, 1.165) is 17.7 Å². The molecule has 0 bridgehead atoms. The van der Waals surface area contributed by atoms with Crippen molar-refractivity contribution >= 4 is 29.5 Å². The predicted octanol–water partition coefficient (Wildman–Crippen LogP) is 2.81. The smallest absolute Gasteiger partial charge is 0.255 e. The van der Waals surface area contributed by atoms with E-state index >= 15 is 0 Å². The largest absolute Gasteiger partial charge is 0.484 e. The van der Waals surface area contributed by atoms with Gasteiger partial charge in [-0.1, -0.05) is 35.9 Å². The molecule has 0 aliphatic carbocycles. The van der Waals surface area contributed by atoms with E-state index in [-0.39, 0.29) is 12.5 Å². The molecule has 0 aliphatic heterocycles. The zero-order valence-electron chi connectivity index (χ0n) is 16.7.